The Morgan fingerprint density at radius 1 is 1.03 bits per heavy atom. The maximum atomic E-state index is 13.8. The molecular weight excluding hydrogens is 437 g/mol. The molecule has 2 aromatic carbocycles. The summed E-state index contributed by atoms with van der Waals surface area (Å²) in [5.74, 6) is -0.870. The van der Waals surface area contributed by atoms with Gasteiger partial charge >= 0.3 is 12.1 Å². The molecule has 8 heteroatoms. The molecule has 0 unspecified atom stereocenters. The van der Waals surface area contributed by atoms with Crippen LogP contribution in [0.2, 0.25) is 0 Å². The number of benzene rings is 2. The van der Waals surface area contributed by atoms with E-state index in [0.717, 1.165) is 15.8 Å². The number of alkyl halides is 3. The Morgan fingerprint density at radius 3 is 2.53 bits per heavy atom. The zero-order valence-corrected chi connectivity index (χ0v) is 17.6. The number of fused-ring (bicyclic) bond motifs is 1. The monoisotopic (exact) mass is 456 g/mol. The molecule has 0 saturated carbocycles. The van der Waals surface area contributed by atoms with Crippen molar-refractivity contribution in [3.8, 4) is 21.6 Å². The molecule has 0 bridgehead atoms. The maximum absolute atomic E-state index is 13.8. The molecule has 0 atom stereocenters. The van der Waals surface area contributed by atoms with Crippen molar-refractivity contribution in [1.82, 2.24) is 10.3 Å². The number of hydrogen-bond acceptors (Lipinski definition) is 4. The van der Waals surface area contributed by atoms with E-state index >= 15 is 0 Å². The van der Waals surface area contributed by atoms with Gasteiger partial charge in [-0.3, -0.25) is 4.79 Å². The van der Waals surface area contributed by atoms with Gasteiger partial charge in [-0.2, -0.15) is 13.2 Å². The predicted octanol–water partition coefficient (Wildman–Crippen LogP) is 6.21. The van der Waals surface area contributed by atoms with Crippen LogP contribution in [0, 0.1) is 0 Å². The highest BCUT2D eigenvalue weighted by molar-refractivity contribution is 7.21. The SMILES string of the molecule is O=C(O)CCNCc1cnc2sc(-c3ccc(-c4ccccc4)c(C(F)(F)F)c3)cc2c1. The van der Waals surface area contributed by atoms with E-state index in [9.17, 15) is 18.0 Å². The van der Waals surface area contributed by atoms with E-state index in [4.69, 9.17) is 5.11 Å². The van der Waals surface area contributed by atoms with Crippen molar-refractivity contribution in [3.63, 3.8) is 0 Å². The van der Waals surface area contributed by atoms with Crippen LogP contribution in [-0.2, 0) is 17.5 Å². The average molecular weight is 456 g/mol. The number of hydrogen-bond donors (Lipinski definition) is 2. The topological polar surface area (TPSA) is 62.2 Å². The van der Waals surface area contributed by atoms with Crippen LogP contribution in [0.15, 0.2) is 66.9 Å². The van der Waals surface area contributed by atoms with Crippen LogP contribution in [-0.4, -0.2) is 22.6 Å². The number of aliphatic carboxylic acids is 1. The Bertz CT molecular complexity index is 1250. The molecule has 164 valence electrons. The first-order chi connectivity index (χ1) is 15.3. The van der Waals surface area contributed by atoms with Crippen LogP contribution in [0.25, 0.3) is 31.8 Å². The molecule has 2 N–H and O–H groups in total. The first-order valence-electron chi connectivity index (χ1n) is 9.89. The molecular formula is C24H19F3N2O2S. The van der Waals surface area contributed by atoms with E-state index in [2.05, 4.69) is 10.3 Å². The quantitative estimate of drug-likeness (QED) is 0.325. The van der Waals surface area contributed by atoms with Gasteiger partial charge in [0.1, 0.15) is 4.83 Å². The predicted molar refractivity (Wildman–Crippen MR) is 119 cm³/mol. The number of pyridine rings is 1. The number of carboxylic acids is 1. The minimum atomic E-state index is -4.48. The minimum absolute atomic E-state index is 0.0266. The number of aromatic nitrogens is 1. The molecule has 32 heavy (non-hydrogen) atoms. The fraction of sp³-hybridized carbons (Fsp3) is 0.167. The largest absolute Gasteiger partial charge is 0.481 e. The molecule has 0 saturated heterocycles. The second kappa shape index (κ2) is 9.10. The molecule has 2 aromatic heterocycles. The third-order valence-electron chi connectivity index (χ3n) is 4.97. The lowest BCUT2D eigenvalue weighted by Crippen LogP contribution is -2.17. The fourth-order valence-electron chi connectivity index (χ4n) is 3.45. The average Bonchev–Trinajstić information content (AvgIpc) is 3.20. The van der Waals surface area contributed by atoms with Gasteiger partial charge in [0, 0.05) is 29.5 Å². The zero-order chi connectivity index (χ0) is 22.7. The lowest BCUT2D eigenvalue weighted by atomic mass is 9.96. The summed E-state index contributed by atoms with van der Waals surface area (Å²) in [6.07, 6.45) is -2.76. The second-order valence-corrected chi connectivity index (χ2v) is 8.32. The molecule has 0 aliphatic rings. The van der Waals surface area contributed by atoms with Crippen molar-refractivity contribution in [2.45, 2.75) is 19.1 Å². The van der Waals surface area contributed by atoms with E-state index in [1.165, 1.54) is 23.5 Å². The Hall–Kier alpha value is -3.23. The van der Waals surface area contributed by atoms with Crippen molar-refractivity contribution in [2.75, 3.05) is 6.54 Å². The Kier molecular flexibility index (Phi) is 6.25. The van der Waals surface area contributed by atoms with Gasteiger partial charge in [0.2, 0.25) is 0 Å². The van der Waals surface area contributed by atoms with Crippen LogP contribution >= 0.6 is 11.3 Å². The van der Waals surface area contributed by atoms with Crippen molar-refractivity contribution in [1.29, 1.82) is 0 Å². The number of halogens is 3. The minimum Gasteiger partial charge on any atom is -0.481 e. The lowest BCUT2D eigenvalue weighted by molar-refractivity contribution is -0.137. The summed E-state index contributed by atoms with van der Waals surface area (Å²) in [6, 6.07) is 16.7. The molecule has 0 aliphatic carbocycles. The molecule has 2 heterocycles. The third-order valence-corrected chi connectivity index (χ3v) is 6.08. The number of carbonyl (C=O) groups is 1. The van der Waals surface area contributed by atoms with Crippen molar-refractivity contribution < 1.29 is 23.1 Å². The van der Waals surface area contributed by atoms with Crippen LogP contribution in [0.1, 0.15) is 17.5 Å². The third kappa shape index (κ3) is 4.98. The van der Waals surface area contributed by atoms with Gasteiger partial charge in [-0.25, -0.2) is 4.98 Å². The van der Waals surface area contributed by atoms with Gasteiger partial charge < -0.3 is 10.4 Å². The molecule has 4 nitrogen and oxygen atoms in total. The first kappa shape index (κ1) is 22.0. The van der Waals surface area contributed by atoms with Crippen LogP contribution < -0.4 is 5.32 Å². The normalized spacial score (nSPS) is 11.7. The van der Waals surface area contributed by atoms with Crippen LogP contribution in [0.4, 0.5) is 13.2 Å². The van der Waals surface area contributed by atoms with Crippen molar-refractivity contribution in [3.05, 3.63) is 78.0 Å². The number of carboxylic acid groups (broad SMARTS) is 1. The highest BCUT2D eigenvalue weighted by atomic mass is 32.1. The van der Waals surface area contributed by atoms with E-state index < -0.39 is 17.7 Å². The van der Waals surface area contributed by atoms with E-state index in [1.54, 1.807) is 42.6 Å². The Balaban J connectivity index is 1.64. The van der Waals surface area contributed by atoms with Gasteiger partial charge in [-0.15, -0.1) is 11.3 Å². The van der Waals surface area contributed by atoms with Gasteiger partial charge in [-0.1, -0.05) is 42.5 Å². The number of thiophene rings is 1. The molecule has 4 rings (SSSR count). The van der Waals surface area contributed by atoms with Gasteiger partial charge in [0.15, 0.2) is 0 Å². The summed E-state index contributed by atoms with van der Waals surface area (Å²) in [4.78, 5) is 16.4. The zero-order valence-electron chi connectivity index (χ0n) is 16.8. The Labute approximate surface area is 186 Å². The maximum Gasteiger partial charge on any atom is 0.417 e. The molecule has 0 aliphatic heterocycles. The van der Waals surface area contributed by atoms with Crippen LogP contribution in [0.5, 0.6) is 0 Å². The summed E-state index contributed by atoms with van der Waals surface area (Å²) >= 11 is 1.34. The number of nitrogens with zero attached hydrogens (tertiary/aromatic N) is 1. The van der Waals surface area contributed by atoms with Crippen molar-refractivity contribution >= 4 is 27.5 Å². The number of nitrogens with one attached hydrogen (secondary N) is 1. The molecule has 0 radical (unpaired) electrons. The first-order valence-corrected chi connectivity index (χ1v) is 10.7. The summed E-state index contributed by atoms with van der Waals surface area (Å²) in [5.41, 5.74) is 1.36. The fourth-order valence-corrected chi connectivity index (χ4v) is 4.43. The van der Waals surface area contributed by atoms with Gasteiger partial charge in [0.25, 0.3) is 0 Å². The van der Waals surface area contributed by atoms with Gasteiger partial charge in [0.05, 0.1) is 12.0 Å². The molecule has 0 amide bonds. The molecule has 0 spiro atoms. The molecule has 0 fully saturated rings. The number of rotatable bonds is 7. The standard InChI is InChI=1S/C24H19F3N2O2S/c25-24(26,27)20-11-17(6-7-19(20)16-4-2-1-3-5-16)21-12-18-10-15(14-29-23(18)32-21)13-28-9-8-22(30)31/h1-7,10-12,14,28H,8-9,13H2,(H,30,31). The highest BCUT2D eigenvalue weighted by Crippen LogP contribution is 2.41. The lowest BCUT2D eigenvalue weighted by Gasteiger charge is -2.14. The summed E-state index contributed by atoms with van der Waals surface area (Å²) < 4.78 is 41.5. The van der Waals surface area contributed by atoms with Crippen molar-refractivity contribution in [2.24, 2.45) is 0 Å². The van der Waals surface area contributed by atoms with Crippen LogP contribution in [0.3, 0.4) is 0 Å². The summed E-state index contributed by atoms with van der Waals surface area (Å²) in [5, 5.41) is 12.6. The smallest absolute Gasteiger partial charge is 0.417 e. The highest BCUT2D eigenvalue weighted by Gasteiger charge is 2.34. The summed E-state index contributed by atoms with van der Waals surface area (Å²) in [7, 11) is 0. The van der Waals surface area contributed by atoms with E-state index in [-0.39, 0.29) is 12.0 Å². The second-order valence-electron chi connectivity index (χ2n) is 7.29. The van der Waals surface area contributed by atoms with E-state index in [1.807, 2.05) is 12.1 Å². The van der Waals surface area contributed by atoms with E-state index in [0.29, 0.717) is 29.1 Å². The van der Waals surface area contributed by atoms with Gasteiger partial charge in [-0.05, 0) is 40.5 Å². The summed E-state index contributed by atoms with van der Waals surface area (Å²) in [6.45, 7) is 0.807. The Morgan fingerprint density at radius 2 is 1.81 bits per heavy atom. The molecule has 4 aromatic rings.